The fourth-order valence-electron chi connectivity index (χ4n) is 1.61. The fourth-order valence-corrected chi connectivity index (χ4v) is 1.61. The highest BCUT2D eigenvalue weighted by atomic mass is 16.1. The molecule has 1 aromatic carbocycles. The second kappa shape index (κ2) is 6.28. The molecule has 0 fully saturated rings. The van der Waals surface area contributed by atoms with Gasteiger partial charge in [-0.15, -0.1) is 0 Å². The van der Waals surface area contributed by atoms with Gasteiger partial charge in [0, 0.05) is 12.1 Å². The van der Waals surface area contributed by atoms with E-state index in [9.17, 15) is 4.79 Å². The predicted octanol–water partition coefficient (Wildman–Crippen LogP) is 1.58. The van der Waals surface area contributed by atoms with Gasteiger partial charge in [-0.05, 0) is 38.1 Å². The monoisotopic (exact) mass is 220 g/mol. The van der Waals surface area contributed by atoms with Gasteiger partial charge in [-0.2, -0.15) is 0 Å². The second-order valence-electron chi connectivity index (χ2n) is 4.19. The van der Waals surface area contributed by atoms with Gasteiger partial charge in [0.25, 0.3) is 5.91 Å². The van der Waals surface area contributed by atoms with E-state index >= 15 is 0 Å². The molecule has 1 aromatic rings. The molecule has 0 spiro atoms. The summed E-state index contributed by atoms with van der Waals surface area (Å²) >= 11 is 0. The minimum atomic E-state index is 0.0149. The lowest BCUT2D eigenvalue weighted by Crippen LogP contribution is -2.32. The van der Waals surface area contributed by atoms with Crippen molar-refractivity contribution in [3.05, 3.63) is 35.4 Å². The molecule has 0 aliphatic rings. The summed E-state index contributed by atoms with van der Waals surface area (Å²) in [4.78, 5) is 11.8. The van der Waals surface area contributed by atoms with Crippen LogP contribution in [0, 0.1) is 12.8 Å². The van der Waals surface area contributed by atoms with Gasteiger partial charge in [-0.25, -0.2) is 0 Å². The van der Waals surface area contributed by atoms with Crippen LogP contribution in [0.15, 0.2) is 24.3 Å². The first kappa shape index (κ1) is 12.7. The Balaban J connectivity index is 2.50. The van der Waals surface area contributed by atoms with Crippen molar-refractivity contribution in [2.75, 3.05) is 20.1 Å². The molecule has 1 rings (SSSR count). The molecular formula is C13H20N2O. The number of hydrogen-bond donors (Lipinski definition) is 2. The van der Waals surface area contributed by atoms with Gasteiger partial charge in [-0.1, -0.05) is 25.1 Å². The maximum Gasteiger partial charge on any atom is 0.251 e. The third-order valence-corrected chi connectivity index (χ3v) is 2.55. The molecule has 0 aliphatic heterocycles. The maximum atomic E-state index is 11.8. The zero-order valence-corrected chi connectivity index (χ0v) is 10.2. The molecule has 1 atom stereocenters. The zero-order valence-electron chi connectivity index (χ0n) is 10.2. The van der Waals surface area contributed by atoms with Crippen LogP contribution in [-0.2, 0) is 0 Å². The molecule has 0 aromatic heterocycles. The first-order valence-corrected chi connectivity index (χ1v) is 5.63. The van der Waals surface area contributed by atoms with Gasteiger partial charge in [0.05, 0.1) is 0 Å². The first-order valence-electron chi connectivity index (χ1n) is 5.63. The van der Waals surface area contributed by atoms with Gasteiger partial charge >= 0.3 is 0 Å². The topological polar surface area (TPSA) is 41.1 Å². The summed E-state index contributed by atoms with van der Waals surface area (Å²) in [6.45, 7) is 5.67. The molecule has 2 N–H and O–H groups in total. The number of rotatable bonds is 5. The average Bonchev–Trinajstić information content (AvgIpc) is 2.27. The molecule has 1 amide bonds. The Hall–Kier alpha value is -1.35. The Labute approximate surface area is 97.2 Å². The number of benzene rings is 1. The van der Waals surface area contributed by atoms with Crippen LogP contribution >= 0.6 is 0 Å². The minimum absolute atomic E-state index is 0.0149. The molecule has 0 unspecified atom stereocenters. The number of carbonyl (C=O) groups is 1. The van der Waals surface area contributed by atoms with Crippen LogP contribution in [0.3, 0.4) is 0 Å². The van der Waals surface area contributed by atoms with E-state index in [1.807, 2.05) is 38.2 Å². The van der Waals surface area contributed by atoms with Crippen LogP contribution in [0.5, 0.6) is 0 Å². The number of carbonyl (C=O) groups excluding carboxylic acids is 1. The van der Waals surface area contributed by atoms with E-state index in [0.717, 1.165) is 17.7 Å². The third kappa shape index (κ3) is 3.66. The lowest BCUT2D eigenvalue weighted by Gasteiger charge is -2.12. The van der Waals surface area contributed by atoms with Gasteiger partial charge in [0.2, 0.25) is 0 Å². The normalized spacial score (nSPS) is 12.2. The molecule has 0 radical (unpaired) electrons. The van der Waals surface area contributed by atoms with Crippen LogP contribution in [0.4, 0.5) is 0 Å². The number of hydrogen-bond acceptors (Lipinski definition) is 2. The SMILES string of the molecule is CNC[C@@H](C)CNC(=O)c1ccccc1C. The quantitative estimate of drug-likeness (QED) is 0.791. The number of nitrogens with one attached hydrogen (secondary N) is 2. The van der Waals surface area contributed by atoms with Gasteiger partial charge < -0.3 is 10.6 Å². The first-order chi connectivity index (χ1) is 7.65. The molecule has 16 heavy (non-hydrogen) atoms. The van der Waals surface area contributed by atoms with E-state index in [1.165, 1.54) is 0 Å². The molecule has 0 heterocycles. The van der Waals surface area contributed by atoms with Crippen LogP contribution in [0.2, 0.25) is 0 Å². The minimum Gasteiger partial charge on any atom is -0.352 e. The molecule has 0 bridgehead atoms. The zero-order chi connectivity index (χ0) is 12.0. The van der Waals surface area contributed by atoms with Crippen molar-refractivity contribution in [2.24, 2.45) is 5.92 Å². The van der Waals surface area contributed by atoms with E-state index in [0.29, 0.717) is 12.5 Å². The van der Waals surface area contributed by atoms with Gasteiger partial charge in [0.15, 0.2) is 0 Å². The van der Waals surface area contributed by atoms with Crippen LogP contribution in [-0.4, -0.2) is 26.0 Å². The molecule has 0 saturated heterocycles. The average molecular weight is 220 g/mol. The molecule has 0 saturated carbocycles. The number of amides is 1. The van der Waals surface area contributed by atoms with Crippen LogP contribution in [0.25, 0.3) is 0 Å². The van der Waals surface area contributed by atoms with Crippen molar-refractivity contribution >= 4 is 5.91 Å². The fraction of sp³-hybridized carbons (Fsp3) is 0.462. The highest BCUT2D eigenvalue weighted by Gasteiger charge is 2.08. The summed E-state index contributed by atoms with van der Waals surface area (Å²) < 4.78 is 0. The predicted molar refractivity (Wildman–Crippen MR) is 66.6 cm³/mol. The van der Waals surface area contributed by atoms with Gasteiger partial charge in [0.1, 0.15) is 0 Å². The Morgan fingerprint density at radius 2 is 2.00 bits per heavy atom. The summed E-state index contributed by atoms with van der Waals surface area (Å²) in [5.41, 5.74) is 1.78. The Morgan fingerprint density at radius 3 is 2.62 bits per heavy atom. The summed E-state index contributed by atoms with van der Waals surface area (Å²) in [6.07, 6.45) is 0. The summed E-state index contributed by atoms with van der Waals surface area (Å²) in [5, 5.41) is 6.04. The van der Waals surface area contributed by atoms with Crippen LogP contribution in [0.1, 0.15) is 22.8 Å². The third-order valence-electron chi connectivity index (χ3n) is 2.55. The Morgan fingerprint density at radius 1 is 1.31 bits per heavy atom. The molecule has 0 aliphatic carbocycles. The standard InChI is InChI=1S/C13H20N2O/c1-10(8-14-3)9-15-13(16)12-7-5-4-6-11(12)2/h4-7,10,14H,8-9H2,1-3H3,(H,15,16)/t10-/m1/s1. The Kier molecular flexibility index (Phi) is 4.99. The largest absolute Gasteiger partial charge is 0.352 e. The van der Waals surface area contributed by atoms with E-state index in [1.54, 1.807) is 0 Å². The van der Waals surface area contributed by atoms with Crippen molar-refractivity contribution < 1.29 is 4.79 Å². The van der Waals surface area contributed by atoms with Crippen molar-refractivity contribution in [3.8, 4) is 0 Å². The molecular weight excluding hydrogens is 200 g/mol. The van der Waals surface area contributed by atoms with Crippen molar-refractivity contribution in [3.63, 3.8) is 0 Å². The lowest BCUT2D eigenvalue weighted by molar-refractivity contribution is 0.0947. The van der Waals surface area contributed by atoms with Gasteiger partial charge in [-0.3, -0.25) is 4.79 Å². The van der Waals surface area contributed by atoms with Crippen molar-refractivity contribution in [1.82, 2.24) is 10.6 Å². The molecule has 88 valence electrons. The molecule has 3 heteroatoms. The summed E-state index contributed by atoms with van der Waals surface area (Å²) in [7, 11) is 1.92. The maximum absolute atomic E-state index is 11.8. The van der Waals surface area contributed by atoms with Crippen LogP contribution < -0.4 is 10.6 Å². The number of aryl methyl sites for hydroxylation is 1. The highest BCUT2D eigenvalue weighted by Crippen LogP contribution is 2.06. The lowest BCUT2D eigenvalue weighted by atomic mass is 10.1. The van der Waals surface area contributed by atoms with Crippen molar-refractivity contribution in [2.45, 2.75) is 13.8 Å². The Bertz CT molecular complexity index is 350. The van der Waals surface area contributed by atoms with Crippen molar-refractivity contribution in [1.29, 1.82) is 0 Å². The van der Waals surface area contributed by atoms with E-state index in [2.05, 4.69) is 17.6 Å². The highest BCUT2D eigenvalue weighted by molar-refractivity contribution is 5.95. The van der Waals surface area contributed by atoms with E-state index in [-0.39, 0.29) is 5.91 Å². The van der Waals surface area contributed by atoms with E-state index < -0.39 is 0 Å². The van der Waals surface area contributed by atoms with E-state index in [4.69, 9.17) is 0 Å². The molecule has 3 nitrogen and oxygen atoms in total. The smallest absolute Gasteiger partial charge is 0.251 e. The summed E-state index contributed by atoms with van der Waals surface area (Å²) in [5.74, 6) is 0.457. The summed E-state index contributed by atoms with van der Waals surface area (Å²) in [6, 6.07) is 7.63. The second-order valence-corrected chi connectivity index (χ2v) is 4.19.